The summed E-state index contributed by atoms with van der Waals surface area (Å²) in [5, 5.41) is 9.37. The summed E-state index contributed by atoms with van der Waals surface area (Å²) < 4.78 is 27.9. The topological polar surface area (TPSA) is 37.3 Å². The van der Waals surface area contributed by atoms with Gasteiger partial charge in [-0.2, -0.15) is 0 Å². The van der Waals surface area contributed by atoms with Crippen molar-refractivity contribution in [2.45, 2.75) is 6.61 Å². The predicted octanol–water partition coefficient (Wildman–Crippen LogP) is 7.26. The van der Waals surface area contributed by atoms with Gasteiger partial charge in [-0.3, -0.25) is 4.79 Å². The second-order valence-electron chi connectivity index (χ2n) is 5.24. The molecule has 2 aromatic carbocycles. The molecule has 140 valence electrons. The van der Waals surface area contributed by atoms with E-state index < -0.39 is 11.1 Å². The number of carbonyl (C=O) groups is 1. The maximum Gasteiger partial charge on any atom is 0.263 e. The number of benzene rings is 2. The monoisotopic (exact) mass is 464 g/mol. The summed E-state index contributed by atoms with van der Waals surface area (Å²) in [4.78, 5) is 11.7. The Labute approximate surface area is 175 Å². The largest absolute Gasteiger partial charge is 0.391 e. The lowest BCUT2D eigenvalue weighted by Crippen LogP contribution is -1.82. The summed E-state index contributed by atoms with van der Waals surface area (Å²) in [7, 11) is 0. The number of aliphatic hydroxyl groups is 1. The highest BCUT2D eigenvalue weighted by Gasteiger charge is 2.17. The Kier molecular flexibility index (Phi) is 6.35. The third kappa shape index (κ3) is 3.97. The first-order chi connectivity index (χ1) is 12.8. The number of hydrogen-bond acceptors (Lipinski definition) is 4. The number of aliphatic hydroxyl groups excluding tert-OH is 1. The predicted molar refractivity (Wildman–Crippen MR) is 110 cm³/mol. The van der Waals surface area contributed by atoms with Crippen LogP contribution in [0.2, 0.25) is 10.0 Å². The summed E-state index contributed by atoms with van der Waals surface area (Å²) in [5.41, 5.74) is 0. The third-order valence-corrected chi connectivity index (χ3v) is 7.21. The summed E-state index contributed by atoms with van der Waals surface area (Å²) in [5.74, 6) is -0.772. The standard InChI is InChI=1S/C9H3Cl2FOS.C9H6ClFOS/c10-7-6-4(12)2-1-3-5(6)14-8(7)9(11)13;10-9-7(4-12)13-6-3-1-2-5(11)8(6)9/h1-3H;1-3,12H,4H2. The molecule has 0 radical (unpaired) electrons. The van der Waals surface area contributed by atoms with Crippen molar-refractivity contribution in [2.24, 2.45) is 0 Å². The van der Waals surface area contributed by atoms with Crippen LogP contribution in [-0.4, -0.2) is 10.3 Å². The second-order valence-corrected chi connectivity index (χ2v) is 8.53. The second kappa shape index (κ2) is 8.39. The fourth-order valence-corrected chi connectivity index (χ4v) is 5.46. The van der Waals surface area contributed by atoms with Crippen LogP contribution in [0.25, 0.3) is 20.2 Å². The minimum absolute atomic E-state index is 0.100. The lowest BCUT2D eigenvalue weighted by Gasteiger charge is -1.92. The van der Waals surface area contributed by atoms with Crippen LogP contribution in [0.5, 0.6) is 0 Å². The SMILES string of the molecule is O=C(Cl)c1sc2cccc(F)c2c1Cl.OCc1sc2cccc(F)c2c1Cl. The molecule has 0 saturated heterocycles. The average molecular weight is 466 g/mol. The number of rotatable bonds is 2. The van der Waals surface area contributed by atoms with Crippen LogP contribution in [0.4, 0.5) is 8.78 Å². The molecule has 0 aliphatic carbocycles. The number of fused-ring (bicyclic) bond motifs is 2. The minimum Gasteiger partial charge on any atom is -0.391 e. The van der Waals surface area contributed by atoms with Gasteiger partial charge in [-0.1, -0.05) is 35.3 Å². The van der Waals surface area contributed by atoms with Crippen LogP contribution in [-0.2, 0) is 6.61 Å². The van der Waals surface area contributed by atoms with Gasteiger partial charge in [-0.15, -0.1) is 22.7 Å². The summed E-state index contributed by atoms with van der Waals surface area (Å²) in [6, 6.07) is 9.33. The lowest BCUT2D eigenvalue weighted by molar-refractivity contribution is 0.108. The van der Waals surface area contributed by atoms with Gasteiger partial charge in [0.1, 0.15) is 16.5 Å². The van der Waals surface area contributed by atoms with Crippen LogP contribution in [0.3, 0.4) is 0 Å². The molecule has 0 unspecified atom stereocenters. The normalized spacial score (nSPS) is 10.9. The quantitative estimate of drug-likeness (QED) is 0.316. The lowest BCUT2D eigenvalue weighted by atomic mass is 10.2. The molecule has 0 saturated carbocycles. The van der Waals surface area contributed by atoms with Gasteiger partial charge in [-0.05, 0) is 35.9 Å². The summed E-state index contributed by atoms with van der Waals surface area (Å²) >= 11 is 19.4. The maximum atomic E-state index is 13.3. The van der Waals surface area contributed by atoms with E-state index in [1.54, 1.807) is 24.3 Å². The third-order valence-electron chi connectivity index (χ3n) is 3.60. The van der Waals surface area contributed by atoms with E-state index in [0.29, 0.717) is 20.0 Å². The van der Waals surface area contributed by atoms with Crippen molar-refractivity contribution in [1.29, 1.82) is 0 Å². The zero-order valence-corrected chi connectivity index (χ0v) is 17.1. The number of thiophene rings is 2. The smallest absolute Gasteiger partial charge is 0.263 e. The molecule has 4 rings (SSSR count). The van der Waals surface area contributed by atoms with E-state index in [9.17, 15) is 13.6 Å². The average Bonchev–Trinajstić information content (AvgIpc) is 3.15. The van der Waals surface area contributed by atoms with Gasteiger partial charge in [0.25, 0.3) is 5.24 Å². The molecule has 9 heteroatoms. The molecule has 0 aliphatic heterocycles. The highest BCUT2D eigenvalue weighted by molar-refractivity contribution is 7.23. The molecule has 0 spiro atoms. The zero-order valence-electron chi connectivity index (χ0n) is 13.2. The molecule has 2 aromatic heterocycles. The highest BCUT2D eigenvalue weighted by Crippen LogP contribution is 2.38. The number of carbonyl (C=O) groups excluding carboxylic acids is 1. The minimum atomic E-state index is -0.657. The Morgan fingerprint density at radius 2 is 1.44 bits per heavy atom. The summed E-state index contributed by atoms with van der Waals surface area (Å²) in [6.45, 7) is -0.141. The summed E-state index contributed by atoms with van der Waals surface area (Å²) in [6.07, 6.45) is 0. The van der Waals surface area contributed by atoms with Crippen molar-refractivity contribution in [3.63, 3.8) is 0 Å². The van der Waals surface area contributed by atoms with Crippen molar-refractivity contribution in [1.82, 2.24) is 0 Å². The highest BCUT2D eigenvalue weighted by atomic mass is 35.5. The molecular weight excluding hydrogens is 457 g/mol. The van der Waals surface area contributed by atoms with Gasteiger partial charge in [0.15, 0.2) is 0 Å². The van der Waals surface area contributed by atoms with Crippen LogP contribution < -0.4 is 0 Å². The van der Waals surface area contributed by atoms with Gasteiger partial charge < -0.3 is 5.11 Å². The van der Waals surface area contributed by atoms with E-state index in [1.165, 1.54) is 23.5 Å². The molecule has 0 amide bonds. The molecule has 4 aromatic rings. The van der Waals surface area contributed by atoms with E-state index in [-0.39, 0.29) is 27.7 Å². The van der Waals surface area contributed by atoms with Crippen LogP contribution in [0.1, 0.15) is 14.5 Å². The van der Waals surface area contributed by atoms with Gasteiger partial charge in [0.2, 0.25) is 0 Å². The number of halogens is 5. The van der Waals surface area contributed by atoms with Gasteiger partial charge in [0, 0.05) is 25.0 Å². The molecular formula is C18H9Cl3F2O2S2. The van der Waals surface area contributed by atoms with E-state index in [2.05, 4.69) is 0 Å². The fourth-order valence-electron chi connectivity index (χ4n) is 2.42. The van der Waals surface area contributed by atoms with E-state index in [1.807, 2.05) is 0 Å². The molecule has 2 nitrogen and oxygen atoms in total. The fraction of sp³-hybridized carbons (Fsp3) is 0.0556. The number of hydrogen-bond donors (Lipinski definition) is 1. The Balaban J connectivity index is 0.000000156. The Bertz CT molecular complexity index is 1150. The van der Waals surface area contributed by atoms with Crippen molar-refractivity contribution in [3.8, 4) is 0 Å². The first-order valence-corrected chi connectivity index (χ1v) is 10.1. The first kappa shape index (κ1) is 20.5. The van der Waals surface area contributed by atoms with Gasteiger partial charge in [-0.25, -0.2) is 8.78 Å². The van der Waals surface area contributed by atoms with Gasteiger partial charge >= 0.3 is 0 Å². The van der Waals surface area contributed by atoms with Gasteiger partial charge in [0.05, 0.1) is 16.7 Å². The molecule has 0 atom stereocenters. The molecule has 0 bridgehead atoms. The zero-order chi connectivity index (χ0) is 19.7. The van der Waals surface area contributed by atoms with Crippen LogP contribution in [0, 0.1) is 11.6 Å². The molecule has 0 fully saturated rings. The van der Waals surface area contributed by atoms with Crippen molar-refractivity contribution in [2.75, 3.05) is 0 Å². The van der Waals surface area contributed by atoms with Crippen molar-refractivity contribution in [3.05, 3.63) is 67.8 Å². The van der Waals surface area contributed by atoms with Crippen LogP contribution in [0.15, 0.2) is 36.4 Å². The Hall–Kier alpha value is -1.28. The maximum absolute atomic E-state index is 13.3. The Morgan fingerprint density at radius 1 is 0.926 bits per heavy atom. The molecule has 0 aliphatic rings. The molecule has 27 heavy (non-hydrogen) atoms. The van der Waals surface area contributed by atoms with Crippen molar-refractivity contribution < 1.29 is 18.7 Å². The van der Waals surface area contributed by atoms with E-state index in [4.69, 9.17) is 39.9 Å². The first-order valence-electron chi connectivity index (χ1n) is 7.37. The van der Waals surface area contributed by atoms with E-state index >= 15 is 0 Å². The Morgan fingerprint density at radius 3 is 1.89 bits per heavy atom. The van der Waals surface area contributed by atoms with Crippen molar-refractivity contribution >= 4 is 82.9 Å². The van der Waals surface area contributed by atoms with Crippen LogP contribution >= 0.6 is 57.5 Å². The molecule has 1 N–H and O–H groups in total. The molecule has 2 heterocycles. The van der Waals surface area contributed by atoms with E-state index in [0.717, 1.165) is 16.0 Å².